The van der Waals surface area contributed by atoms with Crippen molar-refractivity contribution in [3.8, 4) is 0 Å². The molecule has 3 saturated carbocycles. The molecule has 0 radical (unpaired) electrons. The van der Waals surface area contributed by atoms with Gasteiger partial charge in [-0.1, -0.05) is 26.3 Å². The summed E-state index contributed by atoms with van der Waals surface area (Å²) in [4.78, 5) is 24.3. The molecule has 2 nitrogen and oxygen atoms in total. The molecule has 0 unspecified atom stereocenters. The summed E-state index contributed by atoms with van der Waals surface area (Å²) in [6.45, 7) is 6.55. The van der Waals surface area contributed by atoms with Gasteiger partial charge in [0.25, 0.3) is 0 Å². The highest BCUT2D eigenvalue weighted by Crippen LogP contribution is 2.65. The Balaban J connectivity index is 1.74. The number of hydrogen-bond acceptors (Lipinski definition) is 2. The predicted octanol–water partition coefficient (Wildman–Crippen LogP) is 4.28. The van der Waals surface area contributed by atoms with E-state index in [4.69, 9.17) is 0 Å². The number of ketones is 2. The maximum Gasteiger partial charge on any atom is 0.173 e. The zero-order chi connectivity index (χ0) is 16.6. The van der Waals surface area contributed by atoms with Crippen molar-refractivity contribution in [2.45, 2.75) is 65.5 Å². The Labute approximate surface area is 137 Å². The molecule has 0 N–H and O–H groups in total. The second kappa shape index (κ2) is 4.77. The molecular weight excluding hydrogens is 291 g/mol. The summed E-state index contributed by atoms with van der Waals surface area (Å²) in [5.74, 6) is 1.64. The zero-order valence-electron chi connectivity index (χ0n) is 14.4. The summed E-state index contributed by atoms with van der Waals surface area (Å²) in [6, 6.07) is 0. The first-order valence-corrected chi connectivity index (χ1v) is 9.20. The standard InChI is InChI=1S/C20H27FO2/c1-11-8-13-14(19(2)6-4-12(22)9-15(11)19)5-7-20(3)16(13)10-17(21)18(20)23/h9,11,13-14,16-17H,4-8,10H2,1-3H3/t11-,13+,14-,16-,17+,19+,20-/m0/s1. The van der Waals surface area contributed by atoms with Crippen molar-refractivity contribution in [3.05, 3.63) is 11.6 Å². The highest BCUT2D eigenvalue weighted by molar-refractivity contribution is 5.92. The van der Waals surface area contributed by atoms with Gasteiger partial charge in [-0.15, -0.1) is 0 Å². The summed E-state index contributed by atoms with van der Waals surface area (Å²) >= 11 is 0. The van der Waals surface area contributed by atoms with Gasteiger partial charge in [-0.05, 0) is 67.3 Å². The van der Waals surface area contributed by atoms with E-state index < -0.39 is 11.6 Å². The van der Waals surface area contributed by atoms with E-state index in [0.717, 1.165) is 25.7 Å². The van der Waals surface area contributed by atoms with E-state index in [1.54, 1.807) is 0 Å². The molecule has 0 bridgehead atoms. The minimum absolute atomic E-state index is 0.0784. The van der Waals surface area contributed by atoms with Crippen LogP contribution in [-0.4, -0.2) is 17.7 Å². The normalized spacial score (nSPS) is 52.5. The van der Waals surface area contributed by atoms with Gasteiger partial charge in [-0.3, -0.25) is 9.59 Å². The van der Waals surface area contributed by atoms with Gasteiger partial charge in [0, 0.05) is 11.8 Å². The maximum atomic E-state index is 14.2. The summed E-state index contributed by atoms with van der Waals surface area (Å²) < 4.78 is 14.2. The largest absolute Gasteiger partial charge is 0.296 e. The van der Waals surface area contributed by atoms with Crippen molar-refractivity contribution in [1.29, 1.82) is 0 Å². The van der Waals surface area contributed by atoms with Crippen molar-refractivity contribution in [2.75, 3.05) is 0 Å². The number of allylic oxidation sites excluding steroid dienone is 1. The van der Waals surface area contributed by atoms with E-state index in [1.807, 2.05) is 13.0 Å². The number of carbonyl (C=O) groups excluding carboxylic acids is 2. The van der Waals surface area contributed by atoms with Gasteiger partial charge >= 0.3 is 0 Å². The third-order valence-corrected chi connectivity index (χ3v) is 7.98. The second-order valence-corrected chi connectivity index (χ2v) is 9.02. The maximum absolute atomic E-state index is 14.2. The first-order chi connectivity index (χ1) is 10.8. The van der Waals surface area contributed by atoms with Crippen molar-refractivity contribution in [2.24, 2.45) is 34.5 Å². The van der Waals surface area contributed by atoms with Crippen LogP contribution in [0.25, 0.3) is 0 Å². The van der Waals surface area contributed by atoms with Gasteiger partial charge in [-0.2, -0.15) is 0 Å². The molecule has 4 rings (SSSR count). The van der Waals surface area contributed by atoms with Crippen LogP contribution in [0.5, 0.6) is 0 Å². The Morgan fingerprint density at radius 2 is 1.83 bits per heavy atom. The monoisotopic (exact) mass is 318 g/mol. The van der Waals surface area contributed by atoms with Crippen LogP contribution < -0.4 is 0 Å². The SMILES string of the molecule is C[C@H]1C[C@@H]2[C@H](CC[C@]3(C)C(=O)[C@H](F)C[C@@H]23)[C@@]2(C)CCC(=O)C=C12. The molecule has 0 heterocycles. The van der Waals surface area contributed by atoms with Gasteiger partial charge < -0.3 is 0 Å². The van der Waals surface area contributed by atoms with Gasteiger partial charge in [0.2, 0.25) is 0 Å². The lowest BCUT2D eigenvalue weighted by Crippen LogP contribution is -2.52. The highest BCUT2D eigenvalue weighted by atomic mass is 19.1. The highest BCUT2D eigenvalue weighted by Gasteiger charge is 2.62. The smallest absolute Gasteiger partial charge is 0.173 e. The molecule has 23 heavy (non-hydrogen) atoms. The molecule has 0 aromatic heterocycles. The van der Waals surface area contributed by atoms with Crippen LogP contribution in [0.2, 0.25) is 0 Å². The summed E-state index contributed by atoms with van der Waals surface area (Å²) in [6.07, 6.45) is 5.50. The lowest BCUT2D eigenvalue weighted by atomic mass is 9.46. The number of hydrogen-bond donors (Lipinski definition) is 0. The molecule has 0 aromatic rings. The van der Waals surface area contributed by atoms with E-state index in [-0.39, 0.29) is 22.9 Å². The van der Waals surface area contributed by atoms with Crippen molar-refractivity contribution in [3.63, 3.8) is 0 Å². The van der Waals surface area contributed by atoms with E-state index in [2.05, 4.69) is 13.8 Å². The quantitative estimate of drug-likeness (QED) is 0.668. The number of carbonyl (C=O) groups is 2. The summed E-state index contributed by atoms with van der Waals surface area (Å²) in [5, 5.41) is 0. The first kappa shape index (κ1) is 15.5. The van der Waals surface area contributed by atoms with Crippen molar-refractivity contribution >= 4 is 11.6 Å². The van der Waals surface area contributed by atoms with Crippen LogP contribution in [0.3, 0.4) is 0 Å². The Morgan fingerprint density at radius 1 is 1.09 bits per heavy atom. The molecule has 7 atom stereocenters. The molecule has 0 aliphatic heterocycles. The molecule has 0 amide bonds. The minimum Gasteiger partial charge on any atom is -0.296 e. The lowest BCUT2D eigenvalue weighted by molar-refractivity contribution is -0.135. The molecule has 126 valence electrons. The van der Waals surface area contributed by atoms with Gasteiger partial charge in [0.1, 0.15) is 0 Å². The average molecular weight is 318 g/mol. The Kier molecular flexibility index (Phi) is 3.22. The van der Waals surface area contributed by atoms with Crippen LogP contribution in [0.15, 0.2) is 11.6 Å². The fourth-order valence-electron chi connectivity index (χ4n) is 6.73. The third kappa shape index (κ3) is 1.91. The fraction of sp³-hybridized carbons (Fsp3) is 0.800. The molecule has 0 spiro atoms. The molecule has 3 heteroatoms. The van der Waals surface area contributed by atoms with Gasteiger partial charge in [0.05, 0.1) is 0 Å². The molecule has 3 fully saturated rings. The fourth-order valence-corrected chi connectivity index (χ4v) is 6.73. The van der Waals surface area contributed by atoms with E-state index in [0.29, 0.717) is 30.6 Å². The summed E-state index contributed by atoms with van der Waals surface area (Å²) in [7, 11) is 0. The average Bonchev–Trinajstić information content (AvgIpc) is 2.73. The number of halogens is 1. The number of Topliss-reactive ketones (excluding diaryl/α,β-unsaturated/α-hetero) is 1. The molecule has 0 saturated heterocycles. The van der Waals surface area contributed by atoms with Crippen molar-refractivity contribution < 1.29 is 14.0 Å². The van der Waals surface area contributed by atoms with Crippen molar-refractivity contribution in [1.82, 2.24) is 0 Å². The van der Waals surface area contributed by atoms with E-state index in [9.17, 15) is 14.0 Å². The molecule has 4 aliphatic rings. The Morgan fingerprint density at radius 3 is 2.57 bits per heavy atom. The van der Waals surface area contributed by atoms with Crippen LogP contribution in [0.4, 0.5) is 4.39 Å². The predicted molar refractivity (Wildman–Crippen MR) is 86.5 cm³/mol. The van der Waals surface area contributed by atoms with Crippen LogP contribution in [0.1, 0.15) is 59.3 Å². The zero-order valence-corrected chi connectivity index (χ0v) is 14.4. The number of rotatable bonds is 0. The third-order valence-electron chi connectivity index (χ3n) is 7.98. The van der Waals surface area contributed by atoms with Gasteiger partial charge in [-0.25, -0.2) is 4.39 Å². The topological polar surface area (TPSA) is 34.1 Å². The van der Waals surface area contributed by atoms with Crippen LogP contribution in [0, 0.1) is 34.5 Å². The van der Waals surface area contributed by atoms with Crippen LogP contribution >= 0.6 is 0 Å². The lowest BCUT2D eigenvalue weighted by Gasteiger charge is -2.58. The summed E-state index contributed by atoms with van der Waals surface area (Å²) in [5.41, 5.74) is 0.969. The van der Waals surface area contributed by atoms with Crippen LogP contribution in [-0.2, 0) is 9.59 Å². The van der Waals surface area contributed by atoms with E-state index in [1.165, 1.54) is 5.57 Å². The number of fused-ring (bicyclic) bond motifs is 5. The molecular formula is C20H27FO2. The van der Waals surface area contributed by atoms with Gasteiger partial charge in [0.15, 0.2) is 17.7 Å². The molecule has 4 aliphatic carbocycles. The number of alkyl halides is 1. The Bertz CT molecular complexity index is 609. The second-order valence-electron chi connectivity index (χ2n) is 9.02. The minimum atomic E-state index is -1.25. The molecule has 0 aromatic carbocycles. The Hall–Kier alpha value is -0.990. The van der Waals surface area contributed by atoms with E-state index >= 15 is 0 Å². The first-order valence-electron chi connectivity index (χ1n) is 9.20.